The Bertz CT molecular complexity index is 1220. The van der Waals surface area contributed by atoms with Crippen LogP contribution in [0.3, 0.4) is 0 Å². The van der Waals surface area contributed by atoms with Crippen molar-refractivity contribution in [2.24, 2.45) is 10.6 Å². The molecule has 10 heteroatoms. The van der Waals surface area contributed by atoms with Crippen molar-refractivity contribution in [2.75, 3.05) is 20.3 Å². The van der Waals surface area contributed by atoms with Crippen molar-refractivity contribution in [1.29, 1.82) is 0 Å². The van der Waals surface area contributed by atoms with E-state index in [1.165, 1.54) is 37.5 Å². The van der Waals surface area contributed by atoms with Gasteiger partial charge in [-0.2, -0.15) is 13.2 Å². The summed E-state index contributed by atoms with van der Waals surface area (Å²) in [4.78, 5) is 31.2. The lowest BCUT2D eigenvalue weighted by molar-refractivity contribution is -0.139. The molecule has 204 valence electrons. The van der Waals surface area contributed by atoms with Crippen LogP contribution in [-0.4, -0.2) is 37.8 Å². The lowest BCUT2D eigenvalue weighted by Crippen LogP contribution is -2.39. The SMILES string of the molecule is CO/N=C1\CCCCOC(=O)/C(=C/c2ccc(F)cc2)Cc2cc(C(F)(F)F)ccc2C(=O)NCC1(C)C. The molecule has 0 unspecified atom stereocenters. The molecule has 1 aliphatic rings. The maximum absolute atomic E-state index is 13.6. The van der Waals surface area contributed by atoms with Crippen molar-refractivity contribution in [1.82, 2.24) is 5.32 Å². The normalized spacial score (nSPS) is 19.7. The third kappa shape index (κ3) is 7.66. The zero-order valence-corrected chi connectivity index (χ0v) is 21.5. The van der Waals surface area contributed by atoms with E-state index in [2.05, 4.69) is 10.5 Å². The Kier molecular flexibility index (Phi) is 9.30. The van der Waals surface area contributed by atoms with Crippen LogP contribution < -0.4 is 5.32 Å². The van der Waals surface area contributed by atoms with Gasteiger partial charge in [-0.1, -0.05) is 31.1 Å². The van der Waals surface area contributed by atoms with Crippen molar-refractivity contribution in [3.8, 4) is 0 Å². The highest BCUT2D eigenvalue weighted by Crippen LogP contribution is 2.32. The van der Waals surface area contributed by atoms with Gasteiger partial charge in [0.15, 0.2) is 0 Å². The standard InChI is InChI=1S/C28H30F4N2O4/c1-27(2)17-33-25(35)23-12-9-21(28(30,31)32)16-19(23)15-20(14-18-7-10-22(29)11-8-18)26(36)38-13-5-4-6-24(27)34-37-3/h7-12,14,16H,4-6,13,15,17H2,1-3H3,(H,33,35)/b20-14+,34-24+. The average molecular weight is 535 g/mol. The molecular weight excluding hydrogens is 504 g/mol. The van der Waals surface area contributed by atoms with Gasteiger partial charge in [0.25, 0.3) is 5.91 Å². The number of rotatable bonds is 2. The molecule has 0 aromatic heterocycles. The van der Waals surface area contributed by atoms with Crippen LogP contribution in [0.2, 0.25) is 0 Å². The second kappa shape index (κ2) is 12.2. The summed E-state index contributed by atoms with van der Waals surface area (Å²) in [6, 6.07) is 8.07. The summed E-state index contributed by atoms with van der Waals surface area (Å²) >= 11 is 0. The Morgan fingerprint density at radius 1 is 1.08 bits per heavy atom. The van der Waals surface area contributed by atoms with Crippen LogP contribution in [0.25, 0.3) is 6.08 Å². The maximum atomic E-state index is 13.6. The van der Waals surface area contributed by atoms with Crippen LogP contribution in [0.1, 0.15) is 60.2 Å². The topological polar surface area (TPSA) is 77.0 Å². The van der Waals surface area contributed by atoms with Gasteiger partial charge in [-0.15, -0.1) is 0 Å². The van der Waals surface area contributed by atoms with E-state index in [4.69, 9.17) is 9.57 Å². The van der Waals surface area contributed by atoms with Gasteiger partial charge in [0.05, 0.1) is 17.9 Å². The molecule has 0 radical (unpaired) electrons. The van der Waals surface area contributed by atoms with E-state index >= 15 is 0 Å². The number of amides is 1. The lowest BCUT2D eigenvalue weighted by Gasteiger charge is -2.27. The third-order valence-corrected chi connectivity index (χ3v) is 6.25. The molecule has 0 saturated heterocycles. The molecule has 2 aromatic rings. The third-order valence-electron chi connectivity index (χ3n) is 6.25. The predicted octanol–water partition coefficient (Wildman–Crippen LogP) is 5.96. The second-order valence-corrected chi connectivity index (χ2v) is 9.65. The zero-order chi connectivity index (χ0) is 27.9. The van der Waals surface area contributed by atoms with Gasteiger partial charge >= 0.3 is 12.1 Å². The smallest absolute Gasteiger partial charge is 0.416 e. The van der Waals surface area contributed by atoms with E-state index in [1.807, 2.05) is 13.8 Å². The number of nitrogens with one attached hydrogen (secondary N) is 1. The van der Waals surface area contributed by atoms with E-state index in [0.717, 1.165) is 18.2 Å². The number of hydrogen-bond donors (Lipinski definition) is 1. The molecule has 0 atom stereocenters. The average Bonchev–Trinajstić information content (AvgIpc) is 2.86. The second-order valence-electron chi connectivity index (χ2n) is 9.65. The molecule has 38 heavy (non-hydrogen) atoms. The summed E-state index contributed by atoms with van der Waals surface area (Å²) in [5.41, 5.74) is -0.397. The Morgan fingerprint density at radius 3 is 2.45 bits per heavy atom. The van der Waals surface area contributed by atoms with E-state index < -0.39 is 34.8 Å². The van der Waals surface area contributed by atoms with Crippen LogP contribution in [0, 0.1) is 11.2 Å². The molecule has 0 saturated carbocycles. The quantitative estimate of drug-likeness (QED) is 0.223. The van der Waals surface area contributed by atoms with Crippen LogP contribution in [-0.2, 0) is 27.0 Å². The van der Waals surface area contributed by atoms with E-state index in [1.54, 1.807) is 0 Å². The summed E-state index contributed by atoms with van der Waals surface area (Å²) < 4.78 is 59.5. The maximum Gasteiger partial charge on any atom is 0.416 e. The summed E-state index contributed by atoms with van der Waals surface area (Å²) in [6.45, 7) is 3.98. The monoisotopic (exact) mass is 534 g/mol. The molecule has 1 N–H and O–H groups in total. The predicted molar refractivity (Wildman–Crippen MR) is 135 cm³/mol. The minimum atomic E-state index is -4.66. The van der Waals surface area contributed by atoms with Crippen LogP contribution >= 0.6 is 0 Å². The minimum Gasteiger partial charge on any atom is -0.462 e. The molecule has 2 aromatic carbocycles. The Balaban J connectivity index is 2.09. The molecule has 3 rings (SSSR count). The molecule has 6 nitrogen and oxygen atoms in total. The number of nitrogens with zero attached hydrogens (tertiary/aromatic N) is 1. The number of alkyl halides is 3. The first kappa shape index (κ1) is 28.9. The summed E-state index contributed by atoms with van der Waals surface area (Å²) in [5, 5.41) is 6.90. The molecule has 0 bridgehead atoms. The van der Waals surface area contributed by atoms with Crippen molar-refractivity contribution in [3.05, 3.63) is 76.1 Å². The molecule has 1 aliphatic heterocycles. The highest BCUT2D eigenvalue weighted by Gasteiger charge is 2.32. The molecular formula is C28H30F4N2O4. The van der Waals surface area contributed by atoms with Crippen LogP contribution in [0.5, 0.6) is 0 Å². The number of fused-ring (bicyclic) bond motifs is 1. The summed E-state index contributed by atoms with van der Waals surface area (Å²) in [6.07, 6.45) is -1.87. The fourth-order valence-electron chi connectivity index (χ4n) is 4.05. The minimum absolute atomic E-state index is 0.00102. The van der Waals surface area contributed by atoms with E-state index in [9.17, 15) is 27.2 Å². The van der Waals surface area contributed by atoms with Crippen LogP contribution in [0.4, 0.5) is 17.6 Å². The fraction of sp³-hybridized carbons (Fsp3) is 0.393. The van der Waals surface area contributed by atoms with Crippen molar-refractivity contribution in [3.63, 3.8) is 0 Å². The number of benzene rings is 2. The number of halogens is 4. The van der Waals surface area contributed by atoms with Gasteiger partial charge in [0.2, 0.25) is 0 Å². The number of cyclic esters (lactones) is 1. The first-order valence-electron chi connectivity index (χ1n) is 12.1. The van der Waals surface area contributed by atoms with Gasteiger partial charge in [-0.25, -0.2) is 9.18 Å². The van der Waals surface area contributed by atoms with Crippen molar-refractivity contribution in [2.45, 2.75) is 45.7 Å². The number of oxime groups is 1. The first-order chi connectivity index (χ1) is 17.9. The Morgan fingerprint density at radius 2 is 1.79 bits per heavy atom. The number of carbonyl (C=O) groups is 2. The molecule has 1 heterocycles. The Labute approximate surface area is 218 Å². The van der Waals surface area contributed by atoms with E-state index in [0.29, 0.717) is 30.5 Å². The van der Waals surface area contributed by atoms with Gasteiger partial charge < -0.3 is 14.9 Å². The molecule has 0 fully saturated rings. The van der Waals surface area contributed by atoms with Crippen LogP contribution in [0.15, 0.2) is 53.2 Å². The fourth-order valence-corrected chi connectivity index (χ4v) is 4.05. The van der Waals surface area contributed by atoms with Gasteiger partial charge in [0, 0.05) is 29.5 Å². The number of carbonyl (C=O) groups excluding carboxylic acids is 2. The van der Waals surface area contributed by atoms with Gasteiger partial charge in [-0.3, -0.25) is 4.79 Å². The Hall–Kier alpha value is -3.69. The summed E-state index contributed by atoms with van der Waals surface area (Å²) in [7, 11) is 1.42. The van der Waals surface area contributed by atoms with Gasteiger partial charge in [-0.05, 0) is 66.8 Å². The summed E-state index contributed by atoms with van der Waals surface area (Å²) in [5.74, 6) is -1.81. The number of esters is 1. The number of hydrogen-bond acceptors (Lipinski definition) is 5. The highest BCUT2D eigenvalue weighted by atomic mass is 19.4. The molecule has 0 spiro atoms. The van der Waals surface area contributed by atoms with Crippen molar-refractivity contribution >= 4 is 23.7 Å². The van der Waals surface area contributed by atoms with Gasteiger partial charge in [0.1, 0.15) is 12.9 Å². The largest absolute Gasteiger partial charge is 0.462 e. The first-order valence-corrected chi connectivity index (χ1v) is 12.1. The lowest BCUT2D eigenvalue weighted by atomic mass is 9.84. The zero-order valence-electron chi connectivity index (χ0n) is 21.5. The molecule has 1 amide bonds. The molecule has 0 aliphatic carbocycles. The highest BCUT2D eigenvalue weighted by molar-refractivity contribution is 5.99. The number of ether oxygens (including phenoxy) is 1. The van der Waals surface area contributed by atoms with Crippen molar-refractivity contribution < 1.29 is 36.7 Å². The van der Waals surface area contributed by atoms with E-state index in [-0.39, 0.29) is 36.3 Å².